The van der Waals surface area contributed by atoms with Crippen molar-refractivity contribution in [1.82, 2.24) is 9.80 Å². The van der Waals surface area contributed by atoms with Gasteiger partial charge in [0.15, 0.2) is 0 Å². The van der Waals surface area contributed by atoms with Crippen LogP contribution < -0.4 is 0 Å². The number of ether oxygens (including phenoxy) is 4. The number of hydrogen-bond donors (Lipinski definition) is 1. The zero-order valence-electron chi connectivity index (χ0n) is 20.7. The molecule has 7 heterocycles. The van der Waals surface area contributed by atoms with E-state index in [9.17, 15) is 9.90 Å². The molecule has 0 aromatic heterocycles. The first-order valence-corrected chi connectivity index (χ1v) is 13.3. The Kier molecular flexibility index (Phi) is 6.62. The number of carbonyl (C=O) groups is 1. The monoisotopic (exact) mass is 486 g/mol. The maximum Gasteiger partial charge on any atom is 0.338 e. The summed E-state index contributed by atoms with van der Waals surface area (Å²) in [4.78, 5) is 16.8. The zero-order chi connectivity index (χ0) is 24.1. The van der Waals surface area contributed by atoms with Crippen LogP contribution in [0.15, 0.2) is 30.3 Å². The van der Waals surface area contributed by atoms with E-state index in [1.165, 1.54) is 12.8 Å². The van der Waals surface area contributed by atoms with Crippen LogP contribution in [0.25, 0.3) is 0 Å². The number of fused-ring (bicyclic) bond motifs is 10. The smallest absolute Gasteiger partial charge is 0.338 e. The van der Waals surface area contributed by atoms with Crippen molar-refractivity contribution in [3.05, 3.63) is 35.9 Å². The predicted octanol–water partition coefficient (Wildman–Crippen LogP) is 1.84. The average Bonchev–Trinajstić information content (AvgIpc) is 3.73. The van der Waals surface area contributed by atoms with Crippen molar-refractivity contribution in [2.24, 2.45) is 0 Å². The van der Waals surface area contributed by atoms with Crippen LogP contribution >= 0.6 is 0 Å². The van der Waals surface area contributed by atoms with Crippen LogP contribution in [-0.2, 0) is 18.9 Å². The van der Waals surface area contributed by atoms with Gasteiger partial charge in [-0.3, -0.25) is 9.80 Å². The quantitative estimate of drug-likeness (QED) is 0.501. The second kappa shape index (κ2) is 9.72. The number of hydrogen-bond acceptors (Lipinski definition) is 8. The minimum absolute atomic E-state index is 0.0373. The van der Waals surface area contributed by atoms with Crippen LogP contribution in [-0.4, -0.2) is 109 Å². The maximum atomic E-state index is 12.1. The van der Waals surface area contributed by atoms with Crippen LogP contribution in [0.1, 0.15) is 48.9 Å². The molecule has 0 spiro atoms. The fourth-order valence-electron chi connectivity index (χ4n) is 6.82. The van der Waals surface area contributed by atoms with E-state index < -0.39 is 0 Å². The number of rotatable bonds is 2. The number of esters is 1. The Labute approximate surface area is 207 Å². The van der Waals surface area contributed by atoms with Crippen molar-refractivity contribution in [2.45, 2.75) is 99.3 Å². The van der Waals surface area contributed by atoms with Gasteiger partial charge < -0.3 is 24.1 Å². The van der Waals surface area contributed by atoms with Gasteiger partial charge in [0.05, 0.1) is 11.7 Å². The molecule has 6 unspecified atom stereocenters. The minimum atomic E-state index is -0.204. The summed E-state index contributed by atoms with van der Waals surface area (Å²) in [6.45, 7) is 2.00. The fourth-order valence-corrected chi connectivity index (χ4v) is 6.82. The summed E-state index contributed by atoms with van der Waals surface area (Å²) in [5.74, 6) is -0.204. The molecule has 192 valence electrons. The highest BCUT2D eigenvalue weighted by molar-refractivity contribution is 5.89. The molecule has 8 nitrogen and oxygen atoms in total. The summed E-state index contributed by atoms with van der Waals surface area (Å²) >= 11 is 0. The second-order valence-electron chi connectivity index (χ2n) is 11.0. The number of likely N-dealkylation sites (N-methyl/N-ethyl adjacent to an activating group) is 2. The molecule has 1 N–H and O–H groups in total. The number of carbonyl (C=O) groups excluding carboxylic acids is 1. The number of aliphatic hydroxyl groups is 1. The highest BCUT2D eigenvalue weighted by atomic mass is 16.6. The normalized spacial score (nSPS) is 44.2. The number of benzene rings is 1. The number of aliphatic hydroxyl groups excluding tert-OH is 1. The molecular weight excluding hydrogens is 448 g/mol. The van der Waals surface area contributed by atoms with Crippen molar-refractivity contribution >= 4 is 5.97 Å². The van der Waals surface area contributed by atoms with Crippen LogP contribution in [0, 0.1) is 0 Å². The molecule has 35 heavy (non-hydrogen) atoms. The Morgan fingerprint density at radius 1 is 0.829 bits per heavy atom. The van der Waals surface area contributed by atoms with Crippen molar-refractivity contribution < 1.29 is 28.8 Å². The Morgan fingerprint density at radius 2 is 1.31 bits per heavy atom. The molecule has 7 saturated heterocycles. The van der Waals surface area contributed by atoms with Gasteiger partial charge in [0.25, 0.3) is 0 Å². The van der Waals surface area contributed by atoms with E-state index in [0.29, 0.717) is 54.1 Å². The Bertz CT molecular complexity index is 853. The second-order valence-corrected chi connectivity index (χ2v) is 11.0. The lowest BCUT2D eigenvalue weighted by Crippen LogP contribution is -2.47. The number of nitrogens with zero attached hydrogens (tertiary/aromatic N) is 2. The molecular formula is C27H38N2O6. The van der Waals surface area contributed by atoms with Crippen molar-refractivity contribution in [1.29, 1.82) is 0 Å². The van der Waals surface area contributed by atoms with Gasteiger partial charge in [0.1, 0.15) is 30.5 Å². The topological polar surface area (TPSA) is 87.3 Å². The first-order chi connectivity index (χ1) is 17.0. The molecule has 0 saturated carbocycles. The third-order valence-electron chi connectivity index (χ3n) is 8.88. The molecule has 8 heteroatoms. The summed E-state index contributed by atoms with van der Waals surface area (Å²) in [6.07, 6.45) is 7.82. The van der Waals surface area contributed by atoms with Gasteiger partial charge in [-0.05, 0) is 51.9 Å². The molecule has 7 aliphatic rings. The zero-order valence-corrected chi connectivity index (χ0v) is 20.7. The maximum absolute atomic E-state index is 12.1. The standard InChI is InChI=1S/C15H17NO3.C8H13NO2.C4H8O/c1-16-11-7-10(8-12(16)14-13(11)19-14)18-15(17)9-5-3-2-4-6-9;1-9-5-2-4(10)3-6(9)8-7(5)11-8;1-2-4-5-3-1/h2-6,10-14H,7-8H2,1H3;4-8,10H,2-3H2,1H3;1-4H2/t10?,11?,12?,13-,14+;4?,5?,6?,7-,8+;. The lowest BCUT2D eigenvalue weighted by atomic mass is 9.99. The number of epoxide rings is 2. The Hall–Kier alpha value is -1.55. The minimum Gasteiger partial charge on any atom is -0.459 e. The molecule has 0 radical (unpaired) electrons. The molecule has 7 fully saturated rings. The van der Waals surface area contributed by atoms with E-state index in [4.69, 9.17) is 18.9 Å². The third-order valence-corrected chi connectivity index (χ3v) is 8.88. The highest BCUT2D eigenvalue weighted by Gasteiger charge is 2.63. The third kappa shape index (κ3) is 4.77. The lowest BCUT2D eigenvalue weighted by Gasteiger charge is -2.37. The van der Waals surface area contributed by atoms with Crippen LogP contribution in [0.5, 0.6) is 0 Å². The first-order valence-electron chi connectivity index (χ1n) is 13.3. The van der Waals surface area contributed by atoms with Gasteiger partial charge in [-0.15, -0.1) is 0 Å². The van der Waals surface area contributed by atoms with E-state index >= 15 is 0 Å². The predicted molar refractivity (Wildman–Crippen MR) is 128 cm³/mol. The van der Waals surface area contributed by atoms with Gasteiger partial charge in [-0.25, -0.2) is 4.79 Å². The largest absolute Gasteiger partial charge is 0.459 e. The van der Waals surface area contributed by atoms with Crippen molar-refractivity contribution in [2.75, 3.05) is 27.3 Å². The van der Waals surface area contributed by atoms with E-state index in [0.717, 1.165) is 38.9 Å². The molecule has 7 aliphatic heterocycles. The van der Waals surface area contributed by atoms with Crippen molar-refractivity contribution in [3.8, 4) is 0 Å². The Balaban J connectivity index is 0.000000119. The van der Waals surface area contributed by atoms with Gasteiger partial charge in [0, 0.05) is 50.2 Å². The SMILES string of the molecule is C1CCOC1.CN1C2CC(O)CC1[C@@H]1O[C@H]21.CN1C2CC(OC(=O)c3ccccc3)CC1[C@@H]1O[C@H]21. The van der Waals surface area contributed by atoms with E-state index in [1.807, 2.05) is 18.2 Å². The summed E-state index contributed by atoms with van der Waals surface area (Å²) in [6, 6.07) is 11.1. The summed E-state index contributed by atoms with van der Waals surface area (Å²) in [7, 11) is 4.30. The van der Waals surface area contributed by atoms with Gasteiger partial charge in [-0.1, -0.05) is 18.2 Å². The fraction of sp³-hybridized carbons (Fsp3) is 0.741. The van der Waals surface area contributed by atoms with E-state index in [2.05, 4.69) is 23.9 Å². The number of piperidine rings is 2. The Morgan fingerprint density at radius 3 is 1.77 bits per heavy atom. The molecule has 1 aromatic rings. The summed E-state index contributed by atoms with van der Waals surface area (Å²) in [5.41, 5.74) is 0.634. The lowest BCUT2D eigenvalue weighted by molar-refractivity contribution is -0.0233. The molecule has 10 atom stereocenters. The van der Waals surface area contributed by atoms with Gasteiger partial charge in [0.2, 0.25) is 0 Å². The average molecular weight is 487 g/mol. The highest BCUT2D eigenvalue weighted by Crippen LogP contribution is 2.48. The summed E-state index contributed by atoms with van der Waals surface area (Å²) in [5, 5.41) is 9.46. The molecule has 4 bridgehead atoms. The van der Waals surface area contributed by atoms with Gasteiger partial charge in [-0.2, -0.15) is 0 Å². The van der Waals surface area contributed by atoms with E-state index in [1.54, 1.807) is 12.1 Å². The van der Waals surface area contributed by atoms with Crippen molar-refractivity contribution in [3.63, 3.8) is 0 Å². The number of morpholine rings is 2. The molecule has 0 amide bonds. The summed E-state index contributed by atoms with van der Waals surface area (Å²) < 4.78 is 21.7. The van der Waals surface area contributed by atoms with Crippen LogP contribution in [0.3, 0.4) is 0 Å². The first kappa shape index (κ1) is 23.8. The molecule has 1 aromatic carbocycles. The van der Waals surface area contributed by atoms with Crippen LogP contribution in [0.4, 0.5) is 0 Å². The van der Waals surface area contributed by atoms with Crippen LogP contribution in [0.2, 0.25) is 0 Å². The molecule has 0 aliphatic carbocycles. The molecule has 8 rings (SSSR count). The van der Waals surface area contributed by atoms with Gasteiger partial charge >= 0.3 is 5.97 Å². The van der Waals surface area contributed by atoms with E-state index in [-0.39, 0.29) is 18.2 Å².